The first-order valence-electron chi connectivity index (χ1n) is 7.79. The summed E-state index contributed by atoms with van der Waals surface area (Å²) in [4.78, 5) is 16.2. The van der Waals surface area contributed by atoms with Crippen LogP contribution in [-0.2, 0) is 16.2 Å². The van der Waals surface area contributed by atoms with Gasteiger partial charge in [0.2, 0.25) is 0 Å². The van der Waals surface area contributed by atoms with E-state index in [0.717, 1.165) is 16.9 Å². The van der Waals surface area contributed by atoms with Crippen molar-refractivity contribution in [1.82, 2.24) is 0 Å². The van der Waals surface area contributed by atoms with Crippen molar-refractivity contribution in [3.8, 4) is 5.75 Å². The summed E-state index contributed by atoms with van der Waals surface area (Å²) in [6.45, 7) is 6.44. The number of carbonyl (C=O) groups is 1. The van der Waals surface area contributed by atoms with Crippen LogP contribution in [0.2, 0.25) is 0 Å². The van der Waals surface area contributed by atoms with E-state index in [-0.39, 0.29) is 0 Å². The topological polar surface area (TPSA) is 47.9 Å². The Morgan fingerprint density at radius 1 is 1.04 bits per heavy atom. The Bertz CT molecular complexity index is 812. The molecule has 1 heterocycles. The van der Waals surface area contributed by atoms with E-state index >= 15 is 0 Å². The van der Waals surface area contributed by atoms with E-state index in [1.165, 1.54) is 11.1 Å². The molecule has 4 nitrogen and oxygen atoms in total. The average Bonchev–Trinajstić information content (AvgIpc) is 2.85. The molecule has 0 radical (unpaired) electrons. The Kier molecular flexibility index (Phi) is 4.47. The van der Waals surface area contributed by atoms with Gasteiger partial charge >= 0.3 is 5.97 Å². The first kappa shape index (κ1) is 16.0. The maximum absolute atomic E-state index is 11.5. The Labute approximate surface area is 141 Å². The standard InChI is InChI=1S/C20H19NO3/c1-13-8-14(2)10-17(9-13)12-23-18-6-4-16(5-7-18)11-19-15(3)21-24-20(19)22/h4-11H,12H2,1-3H3/b19-11+. The summed E-state index contributed by atoms with van der Waals surface area (Å²) in [5.74, 6) is 0.373. The molecular formula is C20H19NO3. The molecule has 0 fully saturated rings. The highest BCUT2D eigenvalue weighted by molar-refractivity contribution is 6.24. The zero-order valence-electron chi connectivity index (χ0n) is 14.0. The van der Waals surface area contributed by atoms with Crippen LogP contribution in [0.1, 0.15) is 29.2 Å². The van der Waals surface area contributed by atoms with Gasteiger partial charge in [-0.15, -0.1) is 0 Å². The van der Waals surface area contributed by atoms with Gasteiger partial charge in [-0.25, -0.2) is 4.79 Å². The summed E-state index contributed by atoms with van der Waals surface area (Å²) in [5, 5.41) is 3.66. The first-order valence-corrected chi connectivity index (χ1v) is 7.79. The first-order chi connectivity index (χ1) is 11.5. The number of aryl methyl sites for hydroxylation is 2. The van der Waals surface area contributed by atoms with Crippen molar-refractivity contribution < 1.29 is 14.4 Å². The average molecular weight is 321 g/mol. The summed E-state index contributed by atoms with van der Waals surface area (Å²) >= 11 is 0. The van der Waals surface area contributed by atoms with Gasteiger partial charge in [0.25, 0.3) is 0 Å². The van der Waals surface area contributed by atoms with Crippen molar-refractivity contribution in [2.24, 2.45) is 5.16 Å². The van der Waals surface area contributed by atoms with Crippen LogP contribution in [0.4, 0.5) is 0 Å². The fourth-order valence-corrected chi connectivity index (χ4v) is 2.67. The lowest BCUT2D eigenvalue weighted by Crippen LogP contribution is -2.01. The molecule has 0 saturated heterocycles. The highest BCUT2D eigenvalue weighted by Crippen LogP contribution is 2.19. The molecule has 0 unspecified atom stereocenters. The fraction of sp³-hybridized carbons (Fsp3) is 0.200. The summed E-state index contributed by atoms with van der Waals surface area (Å²) in [7, 11) is 0. The molecular weight excluding hydrogens is 302 g/mol. The molecule has 2 aromatic carbocycles. The van der Waals surface area contributed by atoms with Crippen LogP contribution in [0, 0.1) is 13.8 Å². The van der Waals surface area contributed by atoms with Crippen LogP contribution in [0.5, 0.6) is 5.75 Å². The Morgan fingerprint density at radius 3 is 2.29 bits per heavy atom. The molecule has 4 heteroatoms. The number of oxime groups is 1. The molecule has 0 aliphatic carbocycles. The van der Waals surface area contributed by atoms with Crippen molar-refractivity contribution in [3.63, 3.8) is 0 Å². The van der Waals surface area contributed by atoms with Crippen LogP contribution < -0.4 is 4.74 Å². The molecule has 2 aromatic rings. The Morgan fingerprint density at radius 2 is 1.71 bits per heavy atom. The predicted molar refractivity (Wildman–Crippen MR) is 93.9 cm³/mol. The number of ether oxygens (including phenoxy) is 1. The lowest BCUT2D eigenvalue weighted by atomic mass is 10.1. The maximum atomic E-state index is 11.5. The molecule has 0 aromatic heterocycles. The van der Waals surface area contributed by atoms with E-state index in [1.807, 2.05) is 24.3 Å². The maximum Gasteiger partial charge on any atom is 0.367 e. The Balaban J connectivity index is 1.68. The molecule has 24 heavy (non-hydrogen) atoms. The van der Waals surface area contributed by atoms with E-state index in [4.69, 9.17) is 4.74 Å². The smallest absolute Gasteiger partial charge is 0.367 e. The van der Waals surface area contributed by atoms with Crippen LogP contribution in [0.3, 0.4) is 0 Å². The third-order valence-electron chi connectivity index (χ3n) is 3.75. The molecule has 1 aliphatic heterocycles. The summed E-state index contributed by atoms with van der Waals surface area (Å²) in [5.41, 5.74) is 5.59. The minimum atomic E-state index is -0.414. The van der Waals surface area contributed by atoms with Gasteiger partial charge in [-0.3, -0.25) is 0 Å². The van der Waals surface area contributed by atoms with Crippen LogP contribution in [0.15, 0.2) is 53.2 Å². The van der Waals surface area contributed by atoms with E-state index in [0.29, 0.717) is 17.9 Å². The van der Waals surface area contributed by atoms with Crippen LogP contribution >= 0.6 is 0 Å². The molecule has 0 saturated carbocycles. The largest absolute Gasteiger partial charge is 0.489 e. The SMILES string of the molecule is CC1=NOC(=O)/C1=C/c1ccc(OCc2cc(C)cc(C)c2)cc1. The number of benzene rings is 2. The molecule has 0 atom stereocenters. The van der Waals surface area contributed by atoms with E-state index < -0.39 is 5.97 Å². The van der Waals surface area contributed by atoms with Crippen molar-refractivity contribution in [2.45, 2.75) is 27.4 Å². The summed E-state index contributed by atoms with van der Waals surface area (Å²) in [6, 6.07) is 14.0. The lowest BCUT2D eigenvalue weighted by molar-refractivity contribution is -0.136. The molecule has 122 valence electrons. The second kappa shape index (κ2) is 6.71. The quantitative estimate of drug-likeness (QED) is 0.626. The van der Waals surface area contributed by atoms with Gasteiger partial charge in [-0.2, -0.15) is 0 Å². The minimum Gasteiger partial charge on any atom is -0.489 e. The number of carbonyl (C=O) groups excluding carboxylic acids is 1. The van der Waals surface area contributed by atoms with Gasteiger partial charge in [0.15, 0.2) is 0 Å². The normalized spacial score (nSPS) is 15.4. The van der Waals surface area contributed by atoms with E-state index in [1.54, 1.807) is 13.0 Å². The molecule has 3 rings (SSSR count). The zero-order valence-corrected chi connectivity index (χ0v) is 14.0. The van der Waals surface area contributed by atoms with Crippen LogP contribution in [0.25, 0.3) is 6.08 Å². The van der Waals surface area contributed by atoms with Crippen molar-refractivity contribution >= 4 is 17.8 Å². The molecule has 0 N–H and O–H groups in total. The van der Waals surface area contributed by atoms with Gasteiger partial charge < -0.3 is 9.57 Å². The molecule has 1 aliphatic rings. The predicted octanol–water partition coefficient (Wildman–Crippen LogP) is 4.20. The Hall–Kier alpha value is -2.88. The summed E-state index contributed by atoms with van der Waals surface area (Å²) in [6.07, 6.45) is 1.77. The number of hydrogen-bond acceptors (Lipinski definition) is 4. The van der Waals surface area contributed by atoms with Crippen molar-refractivity contribution in [1.29, 1.82) is 0 Å². The van der Waals surface area contributed by atoms with Gasteiger partial charge in [-0.05, 0) is 50.1 Å². The second-order valence-corrected chi connectivity index (χ2v) is 5.97. The fourth-order valence-electron chi connectivity index (χ4n) is 2.67. The lowest BCUT2D eigenvalue weighted by Gasteiger charge is -2.08. The monoisotopic (exact) mass is 321 g/mol. The number of rotatable bonds is 4. The van der Waals surface area contributed by atoms with Gasteiger partial charge in [0, 0.05) is 0 Å². The second-order valence-electron chi connectivity index (χ2n) is 5.97. The third kappa shape index (κ3) is 3.71. The number of hydrogen-bond donors (Lipinski definition) is 0. The minimum absolute atomic E-state index is 0.414. The number of nitrogens with zero attached hydrogens (tertiary/aromatic N) is 1. The molecule has 0 bridgehead atoms. The zero-order chi connectivity index (χ0) is 17.1. The highest BCUT2D eigenvalue weighted by Gasteiger charge is 2.21. The van der Waals surface area contributed by atoms with Crippen LogP contribution in [-0.4, -0.2) is 11.7 Å². The third-order valence-corrected chi connectivity index (χ3v) is 3.75. The van der Waals surface area contributed by atoms with Gasteiger partial charge in [0.1, 0.15) is 12.4 Å². The van der Waals surface area contributed by atoms with E-state index in [9.17, 15) is 4.79 Å². The van der Waals surface area contributed by atoms with Gasteiger partial charge in [0.05, 0.1) is 11.3 Å². The molecule has 0 amide bonds. The summed E-state index contributed by atoms with van der Waals surface area (Å²) < 4.78 is 5.83. The molecule has 0 spiro atoms. The van der Waals surface area contributed by atoms with E-state index in [2.05, 4.69) is 42.0 Å². The van der Waals surface area contributed by atoms with Crippen molar-refractivity contribution in [2.75, 3.05) is 0 Å². The van der Waals surface area contributed by atoms with Gasteiger partial charge in [-0.1, -0.05) is 46.6 Å². The highest BCUT2D eigenvalue weighted by atomic mass is 16.7. The van der Waals surface area contributed by atoms with Crippen molar-refractivity contribution in [3.05, 3.63) is 70.3 Å².